The molecule has 0 aromatic heterocycles. The summed E-state index contributed by atoms with van der Waals surface area (Å²) in [5, 5.41) is 0. The van der Waals surface area contributed by atoms with Crippen LogP contribution in [0.1, 0.15) is 18.4 Å². The van der Waals surface area contributed by atoms with E-state index >= 15 is 0 Å². The normalized spacial score (nSPS) is 12.0. The molecule has 0 amide bonds. The molecule has 0 aliphatic carbocycles. The number of methoxy groups -OCH3 is 2. The Morgan fingerprint density at radius 2 is 2.17 bits per heavy atom. The van der Waals surface area contributed by atoms with Gasteiger partial charge in [0, 0.05) is 16.9 Å². The minimum Gasteiger partial charge on any atom is -0.496 e. The molecule has 5 heteroatoms. The zero-order chi connectivity index (χ0) is 13.5. The summed E-state index contributed by atoms with van der Waals surface area (Å²) in [7, 11) is 3.01. The fourth-order valence-electron chi connectivity index (χ4n) is 1.70. The second-order valence-corrected chi connectivity index (χ2v) is 4.95. The summed E-state index contributed by atoms with van der Waals surface area (Å²) in [5.74, 6) is 0.582. The van der Waals surface area contributed by atoms with Gasteiger partial charge in [0.25, 0.3) is 0 Å². The quantitative estimate of drug-likeness (QED) is 0.818. The average Bonchev–Trinajstić information content (AvgIpc) is 2.36. The molecule has 0 saturated carbocycles. The van der Waals surface area contributed by atoms with Crippen LogP contribution in [0.4, 0.5) is 0 Å². The lowest BCUT2D eigenvalue weighted by Crippen LogP contribution is -2.24. The lowest BCUT2D eigenvalue weighted by Gasteiger charge is -2.14. The molecular formula is C13H18BrNO3. The summed E-state index contributed by atoms with van der Waals surface area (Å²) >= 11 is 3.42. The van der Waals surface area contributed by atoms with Crippen LogP contribution in [0.2, 0.25) is 0 Å². The Hall–Kier alpha value is -1.07. The number of hydrogen-bond donors (Lipinski definition) is 1. The molecule has 100 valence electrons. The first-order valence-corrected chi connectivity index (χ1v) is 6.51. The SMILES string of the molecule is COC(=O)CCC(N)Cc1cc(Br)ccc1OC. The minimum absolute atomic E-state index is 0.0905. The number of esters is 1. The summed E-state index contributed by atoms with van der Waals surface area (Å²) in [6, 6.07) is 5.71. The summed E-state index contributed by atoms with van der Waals surface area (Å²) < 4.78 is 10.9. The van der Waals surface area contributed by atoms with Gasteiger partial charge >= 0.3 is 5.97 Å². The van der Waals surface area contributed by atoms with Gasteiger partial charge < -0.3 is 15.2 Å². The molecule has 0 radical (unpaired) electrons. The van der Waals surface area contributed by atoms with Crippen molar-refractivity contribution in [3.8, 4) is 5.75 Å². The minimum atomic E-state index is -0.230. The highest BCUT2D eigenvalue weighted by molar-refractivity contribution is 9.10. The molecular weight excluding hydrogens is 298 g/mol. The van der Waals surface area contributed by atoms with E-state index in [4.69, 9.17) is 10.5 Å². The Morgan fingerprint density at radius 1 is 1.44 bits per heavy atom. The van der Waals surface area contributed by atoms with Crippen molar-refractivity contribution in [2.75, 3.05) is 14.2 Å². The van der Waals surface area contributed by atoms with E-state index in [-0.39, 0.29) is 12.0 Å². The lowest BCUT2D eigenvalue weighted by atomic mass is 10.0. The number of hydrogen-bond acceptors (Lipinski definition) is 4. The molecule has 4 nitrogen and oxygen atoms in total. The molecule has 18 heavy (non-hydrogen) atoms. The number of halogens is 1. The van der Waals surface area contributed by atoms with Gasteiger partial charge in [0.1, 0.15) is 5.75 Å². The fraction of sp³-hybridized carbons (Fsp3) is 0.462. The van der Waals surface area contributed by atoms with Crippen LogP contribution < -0.4 is 10.5 Å². The Labute approximate surface area is 116 Å². The third-order valence-corrected chi connectivity index (χ3v) is 3.16. The van der Waals surface area contributed by atoms with Crippen molar-refractivity contribution in [2.24, 2.45) is 5.73 Å². The second-order valence-electron chi connectivity index (χ2n) is 4.04. The average molecular weight is 316 g/mol. The monoisotopic (exact) mass is 315 g/mol. The Balaban J connectivity index is 2.60. The van der Waals surface area contributed by atoms with Crippen LogP contribution in [0.25, 0.3) is 0 Å². The second kappa shape index (κ2) is 7.38. The van der Waals surface area contributed by atoms with Gasteiger partial charge in [-0.05, 0) is 36.6 Å². The summed E-state index contributed by atoms with van der Waals surface area (Å²) in [5.41, 5.74) is 7.04. The molecule has 0 fully saturated rings. The third kappa shape index (κ3) is 4.66. The first-order valence-electron chi connectivity index (χ1n) is 5.71. The van der Waals surface area contributed by atoms with Gasteiger partial charge in [0.05, 0.1) is 14.2 Å². The number of rotatable bonds is 6. The van der Waals surface area contributed by atoms with Crippen molar-refractivity contribution in [1.82, 2.24) is 0 Å². The predicted octanol–water partition coefficient (Wildman–Crippen LogP) is 2.28. The van der Waals surface area contributed by atoms with Gasteiger partial charge in [-0.15, -0.1) is 0 Å². The molecule has 0 bridgehead atoms. The van der Waals surface area contributed by atoms with Gasteiger partial charge in [-0.2, -0.15) is 0 Å². The van der Waals surface area contributed by atoms with Gasteiger partial charge in [0.15, 0.2) is 0 Å². The summed E-state index contributed by atoms with van der Waals surface area (Å²) in [6.07, 6.45) is 1.61. The Morgan fingerprint density at radius 3 is 2.78 bits per heavy atom. The number of nitrogens with two attached hydrogens (primary N) is 1. The highest BCUT2D eigenvalue weighted by atomic mass is 79.9. The predicted molar refractivity (Wildman–Crippen MR) is 73.6 cm³/mol. The summed E-state index contributed by atoms with van der Waals surface area (Å²) in [4.78, 5) is 11.0. The molecule has 0 spiro atoms. The zero-order valence-electron chi connectivity index (χ0n) is 10.6. The number of benzene rings is 1. The topological polar surface area (TPSA) is 61.5 Å². The zero-order valence-corrected chi connectivity index (χ0v) is 12.2. The first-order chi connectivity index (χ1) is 8.56. The summed E-state index contributed by atoms with van der Waals surface area (Å²) in [6.45, 7) is 0. The fourth-order valence-corrected chi connectivity index (χ4v) is 2.11. The Bertz CT molecular complexity index is 409. The van der Waals surface area contributed by atoms with E-state index in [1.807, 2.05) is 18.2 Å². The third-order valence-electron chi connectivity index (χ3n) is 2.67. The van der Waals surface area contributed by atoms with Crippen molar-refractivity contribution in [3.05, 3.63) is 28.2 Å². The largest absolute Gasteiger partial charge is 0.496 e. The van der Waals surface area contributed by atoms with Gasteiger partial charge in [-0.3, -0.25) is 4.79 Å². The van der Waals surface area contributed by atoms with E-state index in [1.54, 1.807) is 7.11 Å². The maximum absolute atomic E-state index is 11.0. The van der Waals surface area contributed by atoms with Crippen LogP contribution in [-0.4, -0.2) is 26.2 Å². The van der Waals surface area contributed by atoms with Crippen molar-refractivity contribution < 1.29 is 14.3 Å². The van der Waals surface area contributed by atoms with Crippen LogP contribution in [0.15, 0.2) is 22.7 Å². The highest BCUT2D eigenvalue weighted by Crippen LogP contribution is 2.24. The molecule has 2 N–H and O–H groups in total. The van der Waals surface area contributed by atoms with E-state index in [0.29, 0.717) is 19.3 Å². The van der Waals surface area contributed by atoms with Crippen LogP contribution >= 0.6 is 15.9 Å². The van der Waals surface area contributed by atoms with Gasteiger partial charge in [0.2, 0.25) is 0 Å². The van der Waals surface area contributed by atoms with E-state index in [0.717, 1.165) is 15.8 Å². The maximum atomic E-state index is 11.0. The highest BCUT2D eigenvalue weighted by Gasteiger charge is 2.11. The van der Waals surface area contributed by atoms with Crippen LogP contribution in [-0.2, 0) is 16.0 Å². The van der Waals surface area contributed by atoms with E-state index < -0.39 is 0 Å². The Kier molecular flexibility index (Phi) is 6.15. The van der Waals surface area contributed by atoms with Crippen LogP contribution in [0, 0.1) is 0 Å². The molecule has 1 rings (SSSR count). The van der Waals surface area contributed by atoms with Gasteiger partial charge in [-0.25, -0.2) is 0 Å². The molecule has 1 unspecified atom stereocenters. The van der Waals surface area contributed by atoms with Crippen molar-refractivity contribution in [1.29, 1.82) is 0 Å². The maximum Gasteiger partial charge on any atom is 0.305 e. The van der Waals surface area contributed by atoms with E-state index in [1.165, 1.54) is 7.11 Å². The standard InChI is InChI=1S/C13H18BrNO3/c1-17-12-5-3-10(14)7-9(12)8-11(15)4-6-13(16)18-2/h3,5,7,11H,4,6,8,15H2,1-2H3. The molecule has 1 aromatic carbocycles. The van der Waals surface area contributed by atoms with Crippen molar-refractivity contribution in [2.45, 2.75) is 25.3 Å². The number of carbonyl (C=O) groups excluding carboxylic acids is 1. The van der Waals surface area contributed by atoms with E-state index in [9.17, 15) is 4.79 Å². The molecule has 0 aliphatic rings. The van der Waals surface area contributed by atoms with Crippen LogP contribution in [0.3, 0.4) is 0 Å². The number of ether oxygens (including phenoxy) is 2. The smallest absolute Gasteiger partial charge is 0.305 e. The molecule has 1 aromatic rings. The molecule has 0 heterocycles. The van der Waals surface area contributed by atoms with Crippen molar-refractivity contribution >= 4 is 21.9 Å². The van der Waals surface area contributed by atoms with E-state index in [2.05, 4.69) is 20.7 Å². The molecule has 0 aliphatic heterocycles. The van der Waals surface area contributed by atoms with Gasteiger partial charge in [-0.1, -0.05) is 15.9 Å². The molecule has 0 saturated heterocycles. The lowest BCUT2D eigenvalue weighted by molar-refractivity contribution is -0.140. The van der Waals surface area contributed by atoms with Crippen molar-refractivity contribution in [3.63, 3.8) is 0 Å². The number of carbonyl (C=O) groups is 1. The van der Waals surface area contributed by atoms with Crippen LogP contribution in [0.5, 0.6) is 5.75 Å². The first kappa shape index (κ1) is 15.0. The molecule has 1 atom stereocenters.